The van der Waals surface area contributed by atoms with E-state index in [0.717, 1.165) is 17.5 Å². The number of fused-ring (bicyclic) bond motifs is 1. The Hall–Kier alpha value is -0.460. The molecule has 0 aromatic heterocycles. The number of nitrogens with two attached hydrogens (primary N) is 1. The fraction of sp³-hybridized carbons (Fsp3) is 0.800. The molecule has 0 heterocycles. The minimum absolute atomic E-state index is 0.530. The van der Waals surface area contributed by atoms with Gasteiger partial charge in [-0.2, -0.15) is 0 Å². The van der Waals surface area contributed by atoms with E-state index in [1.54, 1.807) is 0 Å². The van der Waals surface area contributed by atoms with Gasteiger partial charge in [-0.05, 0) is 29.6 Å². The van der Waals surface area contributed by atoms with Crippen LogP contribution in [0.1, 0.15) is 27.2 Å². The number of allylic oxidation sites excluding steroid dienone is 2. The Morgan fingerprint density at radius 2 is 2.18 bits per heavy atom. The topological polar surface area (TPSA) is 26.0 Å². The summed E-state index contributed by atoms with van der Waals surface area (Å²) in [4.78, 5) is 0. The molecule has 3 aliphatic carbocycles. The van der Waals surface area contributed by atoms with Crippen molar-refractivity contribution in [2.45, 2.75) is 27.2 Å². The molecule has 0 spiro atoms. The van der Waals surface area contributed by atoms with Gasteiger partial charge in [0.1, 0.15) is 0 Å². The molecular weight excluding hydrogens is 134 g/mol. The number of rotatable bonds is 0. The first-order valence-corrected chi connectivity index (χ1v) is 4.50. The van der Waals surface area contributed by atoms with Crippen LogP contribution < -0.4 is 5.73 Å². The van der Waals surface area contributed by atoms with Crippen molar-refractivity contribution in [2.24, 2.45) is 28.9 Å². The smallest absolute Gasteiger partial charge is 0.00747 e. The first-order valence-electron chi connectivity index (χ1n) is 4.50. The van der Waals surface area contributed by atoms with E-state index < -0.39 is 0 Å². The van der Waals surface area contributed by atoms with Crippen molar-refractivity contribution in [3.05, 3.63) is 11.8 Å². The molecule has 3 aliphatic rings. The molecule has 0 aromatic rings. The zero-order valence-electron chi connectivity index (χ0n) is 7.59. The predicted octanol–water partition coefficient (Wildman–Crippen LogP) is 2.14. The lowest BCUT2D eigenvalue weighted by molar-refractivity contribution is -0.0315. The van der Waals surface area contributed by atoms with E-state index >= 15 is 0 Å². The van der Waals surface area contributed by atoms with Gasteiger partial charge in [-0.25, -0.2) is 0 Å². The molecule has 1 saturated carbocycles. The fourth-order valence-corrected chi connectivity index (χ4v) is 2.74. The van der Waals surface area contributed by atoms with Crippen LogP contribution in [-0.4, -0.2) is 0 Å². The van der Waals surface area contributed by atoms with Crippen molar-refractivity contribution in [2.75, 3.05) is 0 Å². The summed E-state index contributed by atoms with van der Waals surface area (Å²) >= 11 is 0. The van der Waals surface area contributed by atoms with Crippen LogP contribution in [0.15, 0.2) is 11.8 Å². The van der Waals surface area contributed by atoms with Crippen molar-refractivity contribution >= 4 is 0 Å². The van der Waals surface area contributed by atoms with Crippen LogP contribution in [0.5, 0.6) is 0 Å². The molecule has 0 aromatic carbocycles. The molecule has 3 atom stereocenters. The highest BCUT2D eigenvalue weighted by Crippen LogP contribution is 2.59. The van der Waals surface area contributed by atoms with Gasteiger partial charge in [0, 0.05) is 5.70 Å². The summed E-state index contributed by atoms with van der Waals surface area (Å²) in [6, 6.07) is 0. The van der Waals surface area contributed by atoms with Crippen LogP contribution in [0.3, 0.4) is 0 Å². The van der Waals surface area contributed by atoms with Crippen LogP contribution in [0.4, 0.5) is 0 Å². The summed E-state index contributed by atoms with van der Waals surface area (Å²) in [6.45, 7) is 6.99. The Morgan fingerprint density at radius 1 is 1.55 bits per heavy atom. The van der Waals surface area contributed by atoms with Crippen molar-refractivity contribution in [1.29, 1.82) is 0 Å². The van der Waals surface area contributed by atoms with Gasteiger partial charge in [0.05, 0.1) is 0 Å². The van der Waals surface area contributed by atoms with E-state index in [-0.39, 0.29) is 0 Å². The lowest BCUT2D eigenvalue weighted by atomic mass is 9.48. The Bertz CT molecular complexity index is 215. The third-order valence-corrected chi connectivity index (χ3v) is 3.94. The quantitative estimate of drug-likeness (QED) is 0.564. The molecule has 2 bridgehead atoms. The largest absolute Gasteiger partial charge is 0.402 e. The maximum absolute atomic E-state index is 5.88. The molecule has 11 heavy (non-hydrogen) atoms. The minimum atomic E-state index is 0.530. The van der Waals surface area contributed by atoms with Gasteiger partial charge < -0.3 is 5.73 Å². The molecule has 0 unspecified atom stereocenters. The summed E-state index contributed by atoms with van der Waals surface area (Å²) < 4.78 is 0. The predicted molar refractivity (Wildman–Crippen MR) is 46.8 cm³/mol. The van der Waals surface area contributed by atoms with Crippen LogP contribution in [0.2, 0.25) is 0 Å². The Kier molecular flexibility index (Phi) is 1.19. The van der Waals surface area contributed by atoms with Crippen LogP contribution in [0.25, 0.3) is 0 Å². The number of hydrogen-bond donors (Lipinski definition) is 1. The lowest BCUT2D eigenvalue weighted by Gasteiger charge is -2.57. The summed E-state index contributed by atoms with van der Waals surface area (Å²) in [5, 5.41) is 0. The molecule has 0 radical (unpaired) electrons. The first-order chi connectivity index (χ1) is 5.03. The Balaban J connectivity index is 2.32. The molecule has 1 nitrogen and oxygen atoms in total. The van der Waals surface area contributed by atoms with Crippen LogP contribution >= 0.6 is 0 Å². The monoisotopic (exact) mass is 151 g/mol. The highest BCUT2D eigenvalue weighted by Gasteiger charge is 2.52. The Morgan fingerprint density at radius 3 is 2.55 bits per heavy atom. The second-order valence-electron chi connectivity index (χ2n) is 4.73. The highest BCUT2D eigenvalue weighted by atomic mass is 14.7. The summed E-state index contributed by atoms with van der Waals surface area (Å²) in [7, 11) is 0. The van der Waals surface area contributed by atoms with E-state index in [0.29, 0.717) is 11.3 Å². The molecule has 62 valence electrons. The van der Waals surface area contributed by atoms with E-state index in [2.05, 4.69) is 26.8 Å². The maximum atomic E-state index is 5.88. The van der Waals surface area contributed by atoms with Crippen molar-refractivity contribution < 1.29 is 0 Å². The molecule has 1 fully saturated rings. The highest BCUT2D eigenvalue weighted by molar-refractivity contribution is 5.21. The van der Waals surface area contributed by atoms with Gasteiger partial charge in [0.25, 0.3) is 0 Å². The summed E-state index contributed by atoms with van der Waals surface area (Å²) in [5.41, 5.74) is 7.54. The molecule has 1 heteroatoms. The first kappa shape index (κ1) is 7.20. The van der Waals surface area contributed by atoms with Crippen molar-refractivity contribution in [3.8, 4) is 0 Å². The average molecular weight is 151 g/mol. The van der Waals surface area contributed by atoms with Crippen molar-refractivity contribution in [3.63, 3.8) is 0 Å². The zero-order chi connectivity index (χ0) is 8.22. The molecular formula is C10H17N. The van der Waals surface area contributed by atoms with Gasteiger partial charge >= 0.3 is 0 Å². The molecule has 0 saturated heterocycles. The molecule has 2 N–H and O–H groups in total. The molecule has 0 amide bonds. The Labute approximate surface area is 68.7 Å². The summed E-state index contributed by atoms with van der Waals surface area (Å²) in [5.74, 6) is 2.23. The molecule has 0 aliphatic heterocycles. The second kappa shape index (κ2) is 1.82. The third kappa shape index (κ3) is 0.715. The molecule has 3 rings (SSSR count). The van der Waals surface area contributed by atoms with Crippen LogP contribution in [-0.2, 0) is 0 Å². The lowest BCUT2D eigenvalue weighted by Crippen LogP contribution is -2.51. The minimum Gasteiger partial charge on any atom is -0.402 e. The van der Waals surface area contributed by atoms with Gasteiger partial charge in [0.15, 0.2) is 0 Å². The standard InChI is InChI=1S/C10H17N/c1-6-8-4-7(5-9(6)11)10(8,2)3/h5-8H,4,11H2,1-3H3/t6-,7-,8+/m0/s1. The van der Waals surface area contributed by atoms with Gasteiger partial charge in [-0.1, -0.05) is 26.8 Å². The third-order valence-electron chi connectivity index (χ3n) is 3.94. The van der Waals surface area contributed by atoms with E-state index in [1.165, 1.54) is 6.42 Å². The van der Waals surface area contributed by atoms with E-state index in [4.69, 9.17) is 5.73 Å². The maximum Gasteiger partial charge on any atom is 0.00747 e. The van der Waals surface area contributed by atoms with Gasteiger partial charge in [-0.15, -0.1) is 0 Å². The average Bonchev–Trinajstić information content (AvgIpc) is 1.93. The van der Waals surface area contributed by atoms with E-state index in [9.17, 15) is 0 Å². The van der Waals surface area contributed by atoms with Crippen molar-refractivity contribution in [1.82, 2.24) is 0 Å². The zero-order valence-corrected chi connectivity index (χ0v) is 7.59. The second-order valence-corrected chi connectivity index (χ2v) is 4.73. The SMILES string of the molecule is C[C@@H]1C(N)=C[C@@H]2C[C@H]1C2(C)C. The fourth-order valence-electron chi connectivity index (χ4n) is 2.74. The summed E-state index contributed by atoms with van der Waals surface area (Å²) in [6.07, 6.45) is 3.65. The van der Waals surface area contributed by atoms with Crippen LogP contribution in [0, 0.1) is 23.2 Å². The van der Waals surface area contributed by atoms with Gasteiger partial charge in [-0.3, -0.25) is 0 Å². The van der Waals surface area contributed by atoms with Gasteiger partial charge in [0.2, 0.25) is 0 Å². The van der Waals surface area contributed by atoms with E-state index in [1.807, 2.05) is 0 Å². The normalized spacial score (nSPS) is 46.1. The number of hydrogen-bond acceptors (Lipinski definition) is 1.